The van der Waals surface area contributed by atoms with Gasteiger partial charge in [-0.25, -0.2) is 8.42 Å². The minimum absolute atomic E-state index is 0.262. The summed E-state index contributed by atoms with van der Waals surface area (Å²) in [6.45, 7) is 2.35. The minimum Gasteiger partial charge on any atom is -0.354 e. The number of benzene rings is 1. The quantitative estimate of drug-likeness (QED) is 0.616. The first-order valence-corrected chi connectivity index (χ1v) is 9.71. The maximum Gasteiger partial charge on any atom is 0.240 e. The van der Waals surface area contributed by atoms with E-state index in [1.807, 2.05) is 19.0 Å². The van der Waals surface area contributed by atoms with Gasteiger partial charge in [-0.05, 0) is 45.3 Å². The van der Waals surface area contributed by atoms with Crippen molar-refractivity contribution in [2.75, 3.05) is 49.6 Å². The molecule has 1 rings (SSSR count). The van der Waals surface area contributed by atoms with Gasteiger partial charge in [-0.2, -0.15) is 0 Å². The van der Waals surface area contributed by atoms with Crippen LogP contribution in [0.5, 0.6) is 0 Å². The van der Waals surface area contributed by atoms with E-state index in [9.17, 15) is 18.0 Å². The highest BCUT2D eigenvalue weighted by atomic mass is 32.2. The molecule has 2 amide bonds. The van der Waals surface area contributed by atoms with Gasteiger partial charge >= 0.3 is 0 Å². The van der Waals surface area contributed by atoms with E-state index in [1.54, 1.807) is 18.2 Å². The number of carbonyl (C=O) groups is 2. The van der Waals surface area contributed by atoms with E-state index in [2.05, 4.69) is 10.6 Å². The molecule has 0 aliphatic heterocycles. The van der Waals surface area contributed by atoms with E-state index in [1.165, 1.54) is 13.0 Å². The molecule has 0 atom stereocenters. The summed E-state index contributed by atoms with van der Waals surface area (Å²) in [6.07, 6.45) is 1.81. The van der Waals surface area contributed by atoms with E-state index in [-0.39, 0.29) is 18.4 Å². The van der Waals surface area contributed by atoms with Gasteiger partial charge in [0.1, 0.15) is 6.54 Å². The average Bonchev–Trinajstić information content (AvgIpc) is 2.47. The molecule has 0 radical (unpaired) electrons. The Balaban J connectivity index is 2.82. The largest absolute Gasteiger partial charge is 0.354 e. The standard InChI is InChI=1S/C16H26N4O4S/c1-13(21)18-14-7-5-8-15(11-14)20(25(4,23)24)12-16(22)17-9-6-10-19(2)3/h5,7-8,11H,6,9-10,12H2,1-4H3,(H,17,22)(H,18,21). The molecule has 2 N–H and O–H groups in total. The van der Waals surface area contributed by atoms with Crippen LogP contribution in [0.15, 0.2) is 24.3 Å². The number of sulfonamides is 1. The van der Waals surface area contributed by atoms with Crippen LogP contribution >= 0.6 is 0 Å². The lowest BCUT2D eigenvalue weighted by Gasteiger charge is -2.22. The summed E-state index contributed by atoms with van der Waals surface area (Å²) in [6, 6.07) is 6.36. The van der Waals surface area contributed by atoms with Gasteiger partial charge in [0.2, 0.25) is 21.8 Å². The molecule has 1 aromatic carbocycles. The monoisotopic (exact) mass is 370 g/mol. The van der Waals surface area contributed by atoms with E-state index in [0.717, 1.165) is 23.5 Å². The molecule has 8 nitrogen and oxygen atoms in total. The van der Waals surface area contributed by atoms with Crippen molar-refractivity contribution in [2.24, 2.45) is 0 Å². The second-order valence-electron chi connectivity index (χ2n) is 6.01. The zero-order chi connectivity index (χ0) is 19.0. The van der Waals surface area contributed by atoms with Crippen molar-refractivity contribution in [1.29, 1.82) is 0 Å². The Kier molecular flexibility index (Phi) is 7.85. The van der Waals surface area contributed by atoms with Gasteiger partial charge in [0.15, 0.2) is 0 Å². The number of amides is 2. The molecule has 140 valence electrons. The predicted octanol–water partition coefficient (Wildman–Crippen LogP) is 0.479. The minimum atomic E-state index is -3.65. The molecule has 0 aromatic heterocycles. The number of hydrogen-bond donors (Lipinski definition) is 2. The molecule has 0 heterocycles. The molecule has 9 heteroatoms. The fourth-order valence-electron chi connectivity index (χ4n) is 2.15. The van der Waals surface area contributed by atoms with Crippen molar-refractivity contribution in [3.8, 4) is 0 Å². The Morgan fingerprint density at radius 2 is 1.88 bits per heavy atom. The first-order valence-electron chi connectivity index (χ1n) is 7.86. The van der Waals surface area contributed by atoms with E-state index >= 15 is 0 Å². The van der Waals surface area contributed by atoms with Crippen LogP contribution in [0, 0.1) is 0 Å². The van der Waals surface area contributed by atoms with Crippen molar-refractivity contribution in [3.63, 3.8) is 0 Å². The lowest BCUT2D eigenvalue weighted by molar-refractivity contribution is -0.119. The zero-order valence-electron chi connectivity index (χ0n) is 15.1. The molecule has 0 aliphatic carbocycles. The van der Waals surface area contributed by atoms with Gasteiger partial charge in [0.25, 0.3) is 0 Å². The highest BCUT2D eigenvalue weighted by Crippen LogP contribution is 2.21. The summed E-state index contributed by atoms with van der Waals surface area (Å²) in [5.41, 5.74) is 0.780. The van der Waals surface area contributed by atoms with Gasteiger partial charge in [-0.15, -0.1) is 0 Å². The second-order valence-corrected chi connectivity index (χ2v) is 7.91. The van der Waals surface area contributed by atoms with Crippen LogP contribution in [0.1, 0.15) is 13.3 Å². The second kappa shape index (κ2) is 9.38. The molecular formula is C16H26N4O4S. The average molecular weight is 370 g/mol. The molecular weight excluding hydrogens is 344 g/mol. The number of nitrogens with zero attached hydrogens (tertiary/aromatic N) is 2. The summed E-state index contributed by atoms with van der Waals surface area (Å²) in [5.74, 6) is -0.643. The van der Waals surface area contributed by atoms with E-state index in [4.69, 9.17) is 0 Å². The molecule has 1 aromatic rings. The molecule has 0 spiro atoms. The summed E-state index contributed by atoms with van der Waals surface area (Å²) >= 11 is 0. The Morgan fingerprint density at radius 1 is 1.20 bits per heavy atom. The van der Waals surface area contributed by atoms with Crippen LogP contribution < -0.4 is 14.9 Å². The normalized spacial score (nSPS) is 11.2. The van der Waals surface area contributed by atoms with E-state index in [0.29, 0.717) is 17.9 Å². The third kappa shape index (κ3) is 7.99. The first-order chi connectivity index (χ1) is 11.6. The van der Waals surface area contributed by atoms with Crippen molar-refractivity contribution in [1.82, 2.24) is 10.2 Å². The molecule has 0 saturated heterocycles. The summed E-state index contributed by atoms with van der Waals surface area (Å²) in [4.78, 5) is 25.2. The third-order valence-corrected chi connectivity index (χ3v) is 4.39. The van der Waals surface area contributed by atoms with Gasteiger partial charge < -0.3 is 15.5 Å². The predicted molar refractivity (Wildman–Crippen MR) is 99.1 cm³/mol. The van der Waals surface area contributed by atoms with Crippen LogP contribution in [0.4, 0.5) is 11.4 Å². The third-order valence-electron chi connectivity index (χ3n) is 3.25. The van der Waals surface area contributed by atoms with Crippen LogP contribution in [-0.4, -0.2) is 65.1 Å². The number of carbonyl (C=O) groups excluding carboxylic acids is 2. The lowest BCUT2D eigenvalue weighted by Crippen LogP contribution is -2.41. The fourth-order valence-corrected chi connectivity index (χ4v) is 3.00. The molecule has 25 heavy (non-hydrogen) atoms. The topological polar surface area (TPSA) is 98.8 Å². The molecule has 0 fully saturated rings. The number of anilines is 2. The molecule has 0 aliphatic rings. The Labute approximate surface area is 149 Å². The van der Waals surface area contributed by atoms with Gasteiger partial charge in [-0.3, -0.25) is 13.9 Å². The molecule has 0 bridgehead atoms. The Hall–Kier alpha value is -2.13. The van der Waals surface area contributed by atoms with Gasteiger partial charge in [0.05, 0.1) is 11.9 Å². The van der Waals surface area contributed by atoms with Crippen molar-refractivity contribution in [3.05, 3.63) is 24.3 Å². The Bertz CT molecular complexity index is 704. The summed E-state index contributed by atoms with van der Waals surface area (Å²) < 4.78 is 25.2. The number of hydrogen-bond acceptors (Lipinski definition) is 5. The molecule has 0 saturated carbocycles. The van der Waals surface area contributed by atoms with Crippen molar-refractivity contribution in [2.45, 2.75) is 13.3 Å². The first kappa shape index (κ1) is 20.9. The Morgan fingerprint density at radius 3 is 2.44 bits per heavy atom. The van der Waals surface area contributed by atoms with Gasteiger partial charge in [0, 0.05) is 19.2 Å². The SMILES string of the molecule is CC(=O)Nc1cccc(N(CC(=O)NCCCN(C)C)S(C)(=O)=O)c1. The zero-order valence-corrected chi connectivity index (χ0v) is 15.9. The van der Waals surface area contributed by atoms with Crippen LogP contribution in [0.2, 0.25) is 0 Å². The molecule has 0 unspecified atom stereocenters. The fraction of sp³-hybridized carbons (Fsp3) is 0.500. The highest BCUT2D eigenvalue weighted by Gasteiger charge is 2.21. The number of rotatable bonds is 9. The van der Waals surface area contributed by atoms with Crippen LogP contribution in [0.3, 0.4) is 0 Å². The number of nitrogens with one attached hydrogen (secondary N) is 2. The maximum atomic E-state index is 12.1. The summed E-state index contributed by atoms with van der Waals surface area (Å²) in [7, 11) is 0.229. The van der Waals surface area contributed by atoms with Crippen molar-refractivity contribution >= 4 is 33.2 Å². The van der Waals surface area contributed by atoms with Crippen LogP contribution in [-0.2, 0) is 19.6 Å². The van der Waals surface area contributed by atoms with Crippen LogP contribution in [0.25, 0.3) is 0 Å². The maximum absolute atomic E-state index is 12.1. The summed E-state index contributed by atoms with van der Waals surface area (Å²) in [5, 5.41) is 5.31. The lowest BCUT2D eigenvalue weighted by atomic mass is 10.2. The van der Waals surface area contributed by atoms with E-state index < -0.39 is 10.0 Å². The highest BCUT2D eigenvalue weighted by molar-refractivity contribution is 7.92. The smallest absolute Gasteiger partial charge is 0.240 e. The van der Waals surface area contributed by atoms with Crippen molar-refractivity contribution < 1.29 is 18.0 Å². The van der Waals surface area contributed by atoms with Gasteiger partial charge in [-0.1, -0.05) is 6.07 Å².